The van der Waals surface area contributed by atoms with E-state index in [1.54, 1.807) is 0 Å². The lowest BCUT2D eigenvalue weighted by Crippen LogP contribution is -2.14. The van der Waals surface area contributed by atoms with Crippen LogP contribution in [0.3, 0.4) is 0 Å². The Balaban J connectivity index is 2.58. The third-order valence-corrected chi connectivity index (χ3v) is 3.17. The third kappa shape index (κ3) is 2.63. The van der Waals surface area contributed by atoms with Crippen molar-refractivity contribution in [1.82, 2.24) is 0 Å². The van der Waals surface area contributed by atoms with Gasteiger partial charge in [0.25, 0.3) is 0 Å². The maximum Gasteiger partial charge on any atom is 0.227 e. The molecule has 1 amide bonds. The standard InChI is InChI=1S/C13H16BrNO2/c1-13(2,3)9-6-8(14)7-10-12(9)17-5-4-11(16)15-10/h6-7H,4-5H2,1-3H3,(H,15,16). The van der Waals surface area contributed by atoms with Gasteiger partial charge in [-0.3, -0.25) is 4.79 Å². The van der Waals surface area contributed by atoms with Crippen LogP contribution in [-0.2, 0) is 10.2 Å². The van der Waals surface area contributed by atoms with Gasteiger partial charge in [0, 0.05) is 10.0 Å². The zero-order chi connectivity index (χ0) is 12.6. The van der Waals surface area contributed by atoms with E-state index in [4.69, 9.17) is 4.74 Å². The average Bonchev–Trinajstić information content (AvgIpc) is 2.35. The van der Waals surface area contributed by atoms with Crippen LogP contribution in [0.1, 0.15) is 32.8 Å². The number of anilines is 1. The molecule has 1 N–H and O–H groups in total. The van der Waals surface area contributed by atoms with Crippen LogP contribution in [0, 0.1) is 0 Å². The van der Waals surface area contributed by atoms with Crippen LogP contribution in [0.25, 0.3) is 0 Å². The first kappa shape index (κ1) is 12.4. The second-order valence-electron chi connectivity index (χ2n) is 5.23. The van der Waals surface area contributed by atoms with E-state index in [2.05, 4.69) is 48.1 Å². The van der Waals surface area contributed by atoms with Crippen LogP contribution in [-0.4, -0.2) is 12.5 Å². The molecule has 0 aromatic heterocycles. The van der Waals surface area contributed by atoms with Gasteiger partial charge in [0.1, 0.15) is 5.75 Å². The molecule has 17 heavy (non-hydrogen) atoms. The minimum Gasteiger partial charge on any atom is -0.491 e. The predicted octanol–water partition coefficient (Wildman–Crippen LogP) is 3.47. The number of benzene rings is 1. The number of carbonyl (C=O) groups excluding carboxylic acids is 1. The van der Waals surface area contributed by atoms with Crippen molar-refractivity contribution in [3.05, 3.63) is 22.2 Å². The molecule has 1 heterocycles. The van der Waals surface area contributed by atoms with E-state index in [0.29, 0.717) is 13.0 Å². The quantitative estimate of drug-likeness (QED) is 0.796. The van der Waals surface area contributed by atoms with Gasteiger partial charge in [-0.1, -0.05) is 36.7 Å². The highest BCUT2D eigenvalue weighted by Crippen LogP contribution is 2.40. The summed E-state index contributed by atoms with van der Waals surface area (Å²) >= 11 is 3.47. The van der Waals surface area contributed by atoms with E-state index in [-0.39, 0.29) is 11.3 Å². The SMILES string of the molecule is CC(C)(C)c1cc(Br)cc2c1OCCC(=O)N2. The normalized spacial score (nSPS) is 15.6. The number of nitrogens with one attached hydrogen (secondary N) is 1. The molecule has 0 fully saturated rings. The highest BCUT2D eigenvalue weighted by Gasteiger charge is 2.25. The van der Waals surface area contributed by atoms with Crippen molar-refractivity contribution >= 4 is 27.5 Å². The zero-order valence-electron chi connectivity index (χ0n) is 10.3. The number of halogens is 1. The molecule has 0 bridgehead atoms. The summed E-state index contributed by atoms with van der Waals surface area (Å²) in [7, 11) is 0. The first-order valence-corrected chi connectivity index (χ1v) is 6.44. The molecule has 0 saturated carbocycles. The van der Waals surface area contributed by atoms with Gasteiger partial charge in [-0.25, -0.2) is 0 Å². The molecule has 2 rings (SSSR count). The summed E-state index contributed by atoms with van der Waals surface area (Å²) in [6, 6.07) is 3.93. The summed E-state index contributed by atoms with van der Waals surface area (Å²) in [6.07, 6.45) is 0.399. The van der Waals surface area contributed by atoms with Crippen molar-refractivity contribution < 1.29 is 9.53 Å². The summed E-state index contributed by atoms with van der Waals surface area (Å²) in [4.78, 5) is 11.5. The van der Waals surface area contributed by atoms with E-state index in [1.165, 1.54) is 0 Å². The van der Waals surface area contributed by atoms with Gasteiger partial charge in [-0.05, 0) is 17.5 Å². The Morgan fingerprint density at radius 2 is 2.06 bits per heavy atom. The van der Waals surface area contributed by atoms with Crippen molar-refractivity contribution in [3.63, 3.8) is 0 Å². The first-order valence-electron chi connectivity index (χ1n) is 5.64. The number of rotatable bonds is 0. The molecular weight excluding hydrogens is 282 g/mol. The van der Waals surface area contributed by atoms with Crippen LogP contribution < -0.4 is 10.1 Å². The second kappa shape index (κ2) is 4.33. The highest BCUT2D eigenvalue weighted by molar-refractivity contribution is 9.10. The van der Waals surface area contributed by atoms with Crippen LogP contribution in [0.5, 0.6) is 5.75 Å². The Morgan fingerprint density at radius 3 is 2.71 bits per heavy atom. The smallest absolute Gasteiger partial charge is 0.227 e. The molecule has 0 atom stereocenters. The lowest BCUT2D eigenvalue weighted by molar-refractivity contribution is -0.116. The van der Waals surface area contributed by atoms with Gasteiger partial charge in [-0.2, -0.15) is 0 Å². The number of hydrogen-bond donors (Lipinski definition) is 1. The molecule has 0 unspecified atom stereocenters. The van der Waals surface area contributed by atoms with E-state index in [9.17, 15) is 4.79 Å². The van der Waals surface area contributed by atoms with Gasteiger partial charge in [0.05, 0.1) is 18.7 Å². The fraction of sp³-hybridized carbons (Fsp3) is 0.462. The fourth-order valence-electron chi connectivity index (χ4n) is 1.86. The minimum absolute atomic E-state index is 0.00158. The molecular formula is C13H16BrNO2. The Morgan fingerprint density at radius 1 is 1.35 bits per heavy atom. The molecule has 4 heteroatoms. The second-order valence-corrected chi connectivity index (χ2v) is 6.14. The Kier molecular flexibility index (Phi) is 3.17. The topological polar surface area (TPSA) is 38.3 Å². The van der Waals surface area contributed by atoms with E-state index >= 15 is 0 Å². The minimum atomic E-state index is -0.0249. The molecule has 0 aliphatic carbocycles. The van der Waals surface area contributed by atoms with Crippen molar-refractivity contribution in [3.8, 4) is 5.75 Å². The Hall–Kier alpha value is -1.03. The number of hydrogen-bond acceptors (Lipinski definition) is 2. The van der Waals surface area contributed by atoms with Crippen molar-refractivity contribution in [2.75, 3.05) is 11.9 Å². The predicted molar refractivity (Wildman–Crippen MR) is 71.6 cm³/mol. The third-order valence-electron chi connectivity index (χ3n) is 2.71. The summed E-state index contributed by atoms with van der Waals surface area (Å²) in [5.41, 5.74) is 1.83. The number of amides is 1. The molecule has 0 saturated heterocycles. The van der Waals surface area contributed by atoms with Gasteiger partial charge < -0.3 is 10.1 Å². The number of fused-ring (bicyclic) bond motifs is 1. The molecule has 1 aromatic rings. The summed E-state index contributed by atoms with van der Waals surface area (Å²) in [5, 5.41) is 2.88. The van der Waals surface area contributed by atoms with Gasteiger partial charge in [0.2, 0.25) is 5.91 Å². The van der Waals surface area contributed by atoms with Crippen LogP contribution >= 0.6 is 15.9 Å². The van der Waals surface area contributed by atoms with Crippen LogP contribution in [0.2, 0.25) is 0 Å². The van der Waals surface area contributed by atoms with E-state index in [0.717, 1.165) is 21.5 Å². The van der Waals surface area contributed by atoms with Gasteiger partial charge >= 0.3 is 0 Å². The van der Waals surface area contributed by atoms with Crippen molar-refractivity contribution in [1.29, 1.82) is 0 Å². The Bertz CT molecular complexity index is 463. The summed E-state index contributed by atoms with van der Waals surface area (Å²) in [5.74, 6) is 0.799. The molecule has 1 aromatic carbocycles. The van der Waals surface area contributed by atoms with E-state index < -0.39 is 0 Å². The molecule has 0 spiro atoms. The van der Waals surface area contributed by atoms with Crippen LogP contribution in [0.15, 0.2) is 16.6 Å². The molecule has 3 nitrogen and oxygen atoms in total. The summed E-state index contributed by atoms with van der Waals surface area (Å²) in [6.45, 7) is 6.82. The number of ether oxygens (including phenoxy) is 1. The first-order chi connectivity index (χ1) is 7.88. The van der Waals surface area contributed by atoms with Crippen molar-refractivity contribution in [2.24, 2.45) is 0 Å². The molecule has 0 radical (unpaired) electrons. The molecule has 1 aliphatic rings. The highest BCUT2D eigenvalue weighted by atomic mass is 79.9. The van der Waals surface area contributed by atoms with Gasteiger partial charge in [0.15, 0.2) is 0 Å². The average molecular weight is 298 g/mol. The molecule has 1 aliphatic heterocycles. The maximum absolute atomic E-state index is 11.5. The summed E-state index contributed by atoms with van der Waals surface area (Å²) < 4.78 is 6.68. The van der Waals surface area contributed by atoms with Crippen molar-refractivity contribution in [2.45, 2.75) is 32.6 Å². The largest absolute Gasteiger partial charge is 0.491 e. The van der Waals surface area contributed by atoms with E-state index in [1.807, 2.05) is 6.07 Å². The lowest BCUT2D eigenvalue weighted by atomic mass is 9.86. The lowest BCUT2D eigenvalue weighted by Gasteiger charge is -2.24. The van der Waals surface area contributed by atoms with Gasteiger partial charge in [-0.15, -0.1) is 0 Å². The fourth-order valence-corrected chi connectivity index (χ4v) is 2.32. The number of carbonyl (C=O) groups is 1. The monoisotopic (exact) mass is 297 g/mol. The van der Waals surface area contributed by atoms with Crippen LogP contribution in [0.4, 0.5) is 5.69 Å². The maximum atomic E-state index is 11.5. The zero-order valence-corrected chi connectivity index (χ0v) is 11.8. The molecule has 92 valence electrons. The Labute approximate surface area is 110 Å².